The second-order valence-corrected chi connectivity index (χ2v) is 5.73. The lowest BCUT2D eigenvalue weighted by Gasteiger charge is -2.16. The van der Waals surface area contributed by atoms with Gasteiger partial charge in [0.05, 0.1) is 0 Å². The molecule has 0 saturated carbocycles. The zero-order valence-corrected chi connectivity index (χ0v) is 12.2. The van der Waals surface area contributed by atoms with Crippen LogP contribution in [0, 0.1) is 6.92 Å². The van der Waals surface area contributed by atoms with Crippen LogP contribution in [0.5, 0.6) is 0 Å². The number of aromatic nitrogens is 1. The highest BCUT2D eigenvalue weighted by molar-refractivity contribution is 6.31. The van der Waals surface area contributed by atoms with Gasteiger partial charge in [-0.25, -0.2) is 4.42 Å². The molecular weight excluding hydrogens is 285 g/mol. The minimum Gasteiger partial charge on any atom is -0.423 e. The van der Waals surface area contributed by atoms with Crippen LogP contribution in [-0.2, 0) is 0 Å². The summed E-state index contributed by atoms with van der Waals surface area (Å²) in [5.41, 5.74) is 2.63. The number of fused-ring (bicyclic) bond motifs is 1. The van der Waals surface area contributed by atoms with Gasteiger partial charge in [-0.1, -0.05) is 11.6 Å². The van der Waals surface area contributed by atoms with Crippen molar-refractivity contribution in [2.45, 2.75) is 13.3 Å². The number of anilines is 1. The quantitative estimate of drug-likeness (QED) is 0.755. The van der Waals surface area contributed by atoms with Gasteiger partial charge in [-0.3, -0.25) is 0 Å². The van der Waals surface area contributed by atoms with Gasteiger partial charge < -0.3 is 9.32 Å². The second kappa shape index (κ2) is 5.19. The van der Waals surface area contributed by atoms with Crippen LogP contribution in [0.3, 0.4) is 0 Å². The van der Waals surface area contributed by atoms with E-state index in [2.05, 4.69) is 9.88 Å². The van der Waals surface area contributed by atoms with E-state index in [-0.39, 0.29) is 0 Å². The van der Waals surface area contributed by atoms with E-state index in [0.717, 1.165) is 49.3 Å². The SMILES string of the molecule is Cc1cc(Cl)cc2nc(N3CCCN(Cl)CC3)oc12. The fourth-order valence-electron chi connectivity index (χ4n) is 2.36. The van der Waals surface area contributed by atoms with Crippen LogP contribution in [-0.4, -0.2) is 35.6 Å². The molecule has 1 aromatic carbocycles. The highest BCUT2D eigenvalue weighted by atomic mass is 35.5. The molecule has 2 aromatic rings. The maximum Gasteiger partial charge on any atom is 0.298 e. The molecule has 0 spiro atoms. The molecule has 0 amide bonds. The van der Waals surface area contributed by atoms with Crippen LogP contribution in [0.1, 0.15) is 12.0 Å². The van der Waals surface area contributed by atoms with Crippen molar-refractivity contribution in [2.24, 2.45) is 0 Å². The second-order valence-electron chi connectivity index (χ2n) is 4.82. The highest BCUT2D eigenvalue weighted by Gasteiger charge is 2.19. The number of oxazole rings is 1. The van der Waals surface area contributed by atoms with E-state index in [0.29, 0.717) is 11.0 Å². The molecule has 0 aliphatic carbocycles. The van der Waals surface area contributed by atoms with Crippen LogP contribution in [0.2, 0.25) is 5.02 Å². The Hall–Kier alpha value is -0.970. The lowest BCUT2D eigenvalue weighted by atomic mass is 10.2. The summed E-state index contributed by atoms with van der Waals surface area (Å²) >= 11 is 12.1. The molecule has 3 rings (SSSR count). The first-order valence-electron chi connectivity index (χ1n) is 6.36. The predicted octanol–water partition coefficient (Wildman–Crippen LogP) is 3.46. The topological polar surface area (TPSA) is 32.5 Å². The van der Waals surface area contributed by atoms with E-state index >= 15 is 0 Å². The predicted molar refractivity (Wildman–Crippen MR) is 78.0 cm³/mol. The van der Waals surface area contributed by atoms with E-state index < -0.39 is 0 Å². The summed E-state index contributed by atoms with van der Waals surface area (Å²) < 4.78 is 7.69. The Kier molecular flexibility index (Phi) is 3.56. The van der Waals surface area contributed by atoms with Gasteiger partial charge in [0.1, 0.15) is 5.52 Å². The summed E-state index contributed by atoms with van der Waals surface area (Å²) in [6.07, 6.45) is 1.00. The van der Waals surface area contributed by atoms with Gasteiger partial charge in [0.25, 0.3) is 6.01 Å². The van der Waals surface area contributed by atoms with E-state index in [1.54, 1.807) is 0 Å². The van der Waals surface area contributed by atoms with Crippen molar-refractivity contribution in [3.8, 4) is 0 Å². The standard InChI is InChI=1S/C13H15Cl2N3O/c1-9-7-10(14)8-11-12(9)19-13(16-11)17-3-2-4-18(15)6-5-17/h7-8H,2-6H2,1H3. The molecule has 2 heterocycles. The van der Waals surface area contributed by atoms with Crippen molar-refractivity contribution in [1.82, 2.24) is 9.40 Å². The van der Waals surface area contributed by atoms with Crippen LogP contribution in [0.25, 0.3) is 11.1 Å². The van der Waals surface area contributed by atoms with Crippen molar-refractivity contribution in [3.05, 3.63) is 22.7 Å². The summed E-state index contributed by atoms with van der Waals surface area (Å²) in [6.45, 7) is 5.40. The van der Waals surface area contributed by atoms with Crippen LogP contribution < -0.4 is 4.90 Å². The number of nitrogens with zero attached hydrogens (tertiary/aromatic N) is 3. The van der Waals surface area contributed by atoms with Gasteiger partial charge >= 0.3 is 0 Å². The van der Waals surface area contributed by atoms with Crippen LogP contribution in [0.4, 0.5) is 6.01 Å². The monoisotopic (exact) mass is 299 g/mol. The Morgan fingerprint density at radius 2 is 2.05 bits per heavy atom. The van der Waals surface area contributed by atoms with Gasteiger partial charge in [0, 0.05) is 31.2 Å². The molecule has 0 radical (unpaired) electrons. The molecule has 0 bridgehead atoms. The third-order valence-electron chi connectivity index (χ3n) is 3.34. The molecule has 1 aromatic heterocycles. The van der Waals surface area contributed by atoms with E-state index in [1.807, 2.05) is 23.5 Å². The first kappa shape index (κ1) is 13.0. The molecule has 1 aliphatic heterocycles. The average Bonchev–Trinajstić information content (AvgIpc) is 2.65. The van der Waals surface area contributed by atoms with Gasteiger partial charge in [0.2, 0.25) is 0 Å². The zero-order chi connectivity index (χ0) is 13.4. The van der Waals surface area contributed by atoms with Gasteiger partial charge in [-0.05, 0) is 42.8 Å². The number of halogens is 2. The van der Waals surface area contributed by atoms with E-state index in [4.69, 9.17) is 27.8 Å². The van der Waals surface area contributed by atoms with Gasteiger partial charge in [0.15, 0.2) is 5.58 Å². The number of rotatable bonds is 1. The number of aryl methyl sites for hydroxylation is 1. The maximum absolute atomic E-state index is 6.04. The van der Waals surface area contributed by atoms with Crippen molar-refractivity contribution in [3.63, 3.8) is 0 Å². The van der Waals surface area contributed by atoms with Crippen molar-refractivity contribution in [1.29, 1.82) is 0 Å². The molecule has 102 valence electrons. The molecule has 0 N–H and O–H groups in total. The molecule has 6 heteroatoms. The van der Waals surface area contributed by atoms with E-state index in [9.17, 15) is 0 Å². The molecule has 0 unspecified atom stereocenters. The Morgan fingerprint density at radius 3 is 2.89 bits per heavy atom. The first-order valence-corrected chi connectivity index (χ1v) is 7.07. The Bertz CT molecular complexity index is 599. The minimum atomic E-state index is 0.660. The molecule has 1 saturated heterocycles. The number of hydrogen-bond acceptors (Lipinski definition) is 4. The largest absolute Gasteiger partial charge is 0.423 e. The Labute approximate surface area is 122 Å². The lowest BCUT2D eigenvalue weighted by molar-refractivity contribution is 0.485. The average molecular weight is 300 g/mol. The van der Waals surface area contributed by atoms with Crippen molar-refractivity contribution < 1.29 is 4.42 Å². The molecule has 19 heavy (non-hydrogen) atoms. The summed E-state index contributed by atoms with van der Waals surface area (Å²) in [6, 6.07) is 4.39. The number of hydrogen-bond donors (Lipinski definition) is 0. The third kappa shape index (κ3) is 2.66. The van der Waals surface area contributed by atoms with E-state index in [1.165, 1.54) is 0 Å². The molecule has 1 fully saturated rings. The smallest absolute Gasteiger partial charge is 0.298 e. The van der Waals surface area contributed by atoms with Crippen molar-refractivity contribution >= 4 is 40.5 Å². The van der Waals surface area contributed by atoms with Gasteiger partial charge in [-0.2, -0.15) is 4.98 Å². The molecule has 0 atom stereocenters. The van der Waals surface area contributed by atoms with Crippen LogP contribution in [0.15, 0.2) is 16.5 Å². The van der Waals surface area contributed by atoms with Gasteiger partial charge in [-0.15, -0.1) is 0 Å². The highest BCUT2D eigenvalue weighted by Crippen LogP contribution is 2.28. The van der Waals surface area contributed by atoms with Crippen LogP contribution >= 0.6 is 23.4 Å². The summed E-state index contributed by atoms with van der Waals surface area (Å²) in [5, 5.41) is 0.688. The normalized spacial score (nSPS) is 17.9. The maximum atomic E-state index is 6.04. The molecule has 1 aliphatic rings. The zero-order valence-electron chi connectivity index (χ0n) is 10.7. The minimum absolute atomic E-state index is 0.660. The lowest BCUT2D eigenvalue weighted by Crippen LogP contribution is -2.27. The summed E-state index contributed by atoms with van der Waals surface area (Å²) in [4.78, 5) is 6.67. The summed E-state index contributed by atoms with van der Waals surface area (Å²) in [7, 11) is 0. The fourth-order valence-corrected chi connectivity index (χ4v) is 2.82. The Morgan fingerprint density at radius 1 is 1.21 bits per heavy atom. The first-order chi connectivity index (χ1) is 9.13. The molecule has 4 nitrogen and oxygen atoms in total. The fraction of sp³-hybridized carbons (Fsp3) is 0.462. The third-order valence-corrected chi connectivity index (χ3v) is 3.90. The Balaban J connectivity index is 1.94. The summed E-state index contributed by atoms with van der Waals surface area (Å²) in [5.74, 6) is 0. The molecular formula is C13H15Cl2N3O. The van der Waals surface area contributed by atoms with Crippen molar-refractivity contribution in [2.75, 3.05) is 31.1 Å². The number of benzene rings is 1.